The zero-order chi connectivity index (χ0) is 55.6. The van der Waals surface area contributed by atoms with E-state index in [1.165, 1.54) is 11.1 Å². The zero-order valence-electron chi connectivity index (χ0n) is 50.3. The monoisotopic (exact) mass is 1450 g/mol. The van der Waals surface area contributed by atoms with Gasteiger partial charge in [-0.2, -0.15) is 5.56 Å². The molecule has 0 aliphatic heterocycles. The maximum absolute atomic E-state index is 12.3. The molecule has 0 saturated heterocycles. The summed E-state index contributed by atoms with van der Waals surface area (Å²) in [6.07, 6.45) is 10.4. The van der Waals surface area contributed by atoms with E-state index in [1.807, 2.05) is 84.9 Å². The number of rotatable bonds is 1. The summed E-state index contributed by atoms with van der Waals surface area (Å²) in [5.41, 5.74) is 9.28. The maximum Gasteiger partial charge on any atom is 3.00 e. The number of para-hydroxylation sites is 4. The van der Waals surface area contributed by atoms with Crippen molar-refractivity contribution < 1.29 is 82.7 Å². The van der Waals surface area contributed by atoms with Crippen LogP contribution < -0.4 is 20.4 Å². The molecule has 0 atom stereocenters. The van der Waals surface area contributed by atoms with Gasteiger partial charge in [-0.1, -0.05) is 302 Å². The molecule has 0 aromatic heterocycles. The van der Waals surface area contributed by atoms with Crippen molar-refractivity contribution in [3.8, 4) is 23.0 Å². The number of allylic oxidation sites excluding steroid dienone is 4. The van der Waals surface area contributed by atoms with Crippen molar-refractivity contribution in [2.75, 3.05) is 0 Å². The number of hydrogen-bond acceptors (Lipinski definition) is 4. The van der Waals surface area contributed by atoms with Crippen LogP contribution in [0.5, 0.6) is 23.0 Å². The topological polar surface area (TPSA) is 92.2 Å². The largest absolute Gasteiger partial charge is 3.00 e. The molecule has 0 spiro atoms. The van der Waals surface area contributed by atoms with Crippen LogP contribution in [0.3, 0.4) is 0 Å². The molecule has 5 aromatic carbocycles. The molecule has 74 heavy (non-hydrogen) atoms. The molecule has 0 amide bonds. The van der Waals surface area contributed by atoms with Crippen molar-refractivity contribution in [2.24, 2.45) is 0 Å². The molecule has 2 radical (unpaired) electrons. The van der Waals surface area contributed by atoms with Gasteiger partial charge in [0.1, 0.15) is 0 Å². The molecular weight excluding hydrogens is 1360 g/mol. The summed E-state index contributed by atoms with van der Waals surface area (Å²) in [4.78, 5) is 0. The second kappa shape index (κ2) is 27.8. The van der Waals surface area contributed by atoms with Crippen LogP contribution in [0, 0.1) is 75.1 Å². The molecule has 1 aliphatic carbocycles. The fourth-order valence-corrected chi connectivity index (χ4v) is 8.13. The van der Waals surface area contributed by atoms with Crippen LogP contribution in [0.25, 0.3) is 5.57 Å². The Balaban J connectivity index is 0.000000895. The minimum absolute atomic E-state index is 0. The van der Waals surface area contributed by atoms with Gasteiger partial charge in [0.05, 0.1) is 0 Å². The first-order valence-corrected chi connectivity index (χ1v) is 25.9. The summed E-state index contributed by atoms with van der Waals surface area (Å²) in [7, 11) is 0. The van der Waals surface area contributed by atoms with Gasteiger partial charge < -0.3 is 20.4 Å². The fourth-order valence-electron chi connectivity index (χ4n) is 8.13. The molecule has 0 bridgehead atoms. The third-order valence-corrected chi connectivity index (χ3v) is 12.4. The van der Waals surface area contributed by atoms with E-state index in [9.17, 15) is 20.4 Å². The Morgan fingerprint density at radius 2 is 0.473 bits per heavy atom. The van der Waals surface area contributed by atoms with Crippen molar-refractivity contribution in [3.05, 3.63) is 184 Å². The van der Waals surface area contributed by atoms with Gasteiger partial charge in [-0.15, -0.1) is 35.1 Å². The molecule has 398 valence electrons. The van der Waals surface area contributed by atoms with E-state index in [4.69, 9.17) is 0 Å². The molecule has 0 unspecified atom stereocenters. The average Bonchev–Trinajstić information content (AvgIpc) is 3.22. The van der Waals surface area contributed by atoms with Gasteiger partial charge in [0.15, 0.2) is 0 Å². The molecule has 0 N–H and O–H groups in total. The Labute approximate surface area is 500 Å². The first-order valence-electron chi connectivity index (χ1n) is 25.9. The molecule has 0 fully saturated rings. The summed E-state index contributed by atoms with van der Waals surface area (Å²) in [5.74, 6) is 0.824. The van der Waals surface area contributed by atoms with Gasteiger partial charge in [0.2, 0.25) is 0 Å². The summed E-state index contributed by atoms with van der Waals surface area (Å²) >= 11 is 0. The van der Waals surface area contributed by atoms with E-state index in [-0.39, 0.29) is 129 Å². The third kappa shape index (κ3) is 21.6. The quantitative estimate of drug-likeness (QED) is 0.156. The Bertz CT molecular complexity index is 2140. The van der Waals surface area contributed by atoms with Gasteiger partial charge in [0, 0.05) is 0 Å². The van der Waals surface area contributed by atoms with Crippen molar-refractivity contribution in [1.29, 1.82) is 0 Å². The molecule has 0 heterocycles. The number of benzene rings is 5. The van der Waals surface area contributed by atoms with Crippen LogP contribution in [0.1, 0.15) is 216 Å². The molecule has 6 rings (SSSR count). The first-order chi connectivity index (χ1) is 32.5. The van der Waals surface area contributed by atoms with E-state index in [1.54, 1.807) is 0 Å². The van der Waals surface area contributed by atoms with Crippen LogP contribution in [-0.2, 0) is 43.3 Å². The predicted octanol–water partition coefficient (Wildman–Crippen LogP) is 16.5. The standard InChI is InChI=1S/4C14H22O.C12H10.2U/c4*1-13(2,3)10-8-7-9-11(12(10)15)14(4,5)6;1-3-7-11(8-4-1)12-9-5-2-6-10-12;;/h4*7-9,15H,1-6H3;1-10H;;/q;;;;-2;2*+3/p-4. The molecule has 4 nitrogen and oxygen atoms in total. The molecule has 6 heteroatoms. The van der Waals surface area contributed by atoms with E-state index < -0.39 is 0 Å². The van der Waals surface area contributed by atoms with Gasteiger partial charge >= 0.3 is 62.2 Å². The maximum atomic E-state index is 12.3. The zero-order valence-corrected chi connectivity index (χ0v) is 58.7. The Morgan fingerprint density at radius 3 is 0.635 bits per heavy atom. The number of hydrogen-bond donors (Lipinski definition) is 0. The fraction of sp³-hybridized carbons (Fsp3) is 0.471. The van der Waals surface area contributed by atoms with Crippen molar-refractivity contribution in [2.45, 2.75) is 209 Å². The van der Waals surface area contributed by atoms with Crippen LogP contribution in [0.4, 0.5) is 0 Å². The summed E-state index contributed by atoms with van der Waals surface area (Å²) in [6.45, 7) is 49.9. The smallest absolute Gasteiger partial charge is 0.872 e. The molecule has 1 aliphatic rings. The average molecular weight is 1450 g/mol. The Hall–Kier alpha value is -3.38. The minimum Gasteiger partial charge on any atom is -0.872 e. The molecule has 0 saturated carbocycles. The van der Waals surface area contributed by atoms with Crippen LogP contribution in [0.2, 0.25) is 0 Å². The van der Waals surface area contributed by atoms with E-state index >= 15 is 0 Å². The van der Waals surface area contributed by atoms with E-state index in [0.717, 1.165) is 44.5 Å². The first kappa shape index (κ1) is 70.6. The Kier molecular flexibility index (Phi) is 26.5. The Morgan fingerprint density at radius 1 is 0.270 bits per heavy atom. The SMILES string of the molecule is C1=C[CH-]C(c2ccccc2)=C[CH-]1.CC(C)(C)c1cccc(C(C)(C)C)c1[O-].CC(C)(C)c1cccc(C(C)(C)C)c1[O-].CC(C)(C)c1cccc(C(C)(C)C)c1[O-].CC(C)(C)c1cccc(C(C)(C)C)c1[O-].[U+3].[U+3]. The molecular formula is C68H94O4U2. The van der Waals surface area contributed by atoms with Crippen LogP contribution in [0.15, 0.2) is 121 Å². The van der Waals surface area contributed by atoms with Gasteiger partial charge in [-0.05, 0) is 43.3 Å². The molecule has 5 aromatic rings. The second-order valence-corrected chi connectivity index (χ2v) is 27.5. The van der Waals surface area contributed by atoms with Gasteiger partial charge in [0.25, 0.3) is 0 Å². The van der Waals surface area contributed by atoms with Crippen LogP contribution >= 0.6 is 0 Å². The summed E-state index contributed by atoms with van der Waals surface area (Å²) in [5, 5.41) is 49.0. The van der Waals surface area contributed by atoms with Crippen molar-refractivity contribution in [3.63, 3.8) is 0 Å². The second-order valence-electron chi connectivity index (χ2n) is 27.5. The minimum atomic E-state index is -0.0711. The van der Waals surface area contributed by atoms with Crippen molar-refractivity contribution >= 4 is 5.57 Å². The third-order valence-electron chi connectivity index (χ3n) is 12.4. The van der Waals surface area contributed by atoms with Gasteiger partial charge in [-0.3, -0.25) is 36.6 Å². The van der Waals surface area contributed by atoms with Gasteiger partial charge in [-0.25, -0.2) is 0 Å². The predicted molar refractivity (Wildman–Crippen MR) is 305 cm³/mol. The van der Waals surface area contributed by atoms with Crippen LogP contribution in [-0.4, -0.2) is 0 Å². The van der Waals surface area contributed by atoms with E-state index in [2.05, 4.69) is 215 Å². The summed E-state index contributed by atoms with van der Waals surface area (Å²) in [6, 6.07) is 33.9. The normalized spacial score (nSPS) is 12.8. The van der Waals surface area contributed by atoms with E-state index in [0.29, 0.717) is 0 Å². The summed E-state index contributed by atoms with van der Waals surface area (Å²) < 4.78 is 0. The van der Waals surface area contributed by atoms with Crippen molar-refractivity contribution in [1.82, 2.24) is 0 Å².